The number of rotatable bonds is 4. The molecule has 2 N–H and O–H groups in total. The predicted octanol–water partition coefficient (Wildman–Crippen LogP) is 3.72. The standard InChI is InChI=1S/C15H23BrN2/c1-11(17)9-12-7-8-15(14(16)10-12)18(2)13-5-3-4-6-13/h7-8,10-11,13H,3-6,9,17H2,1-2H3. The van der Waals surface area contributed by atoms with Gasteiger partial charge in [0.15, 0.2) is 0 Å². The molecule has 0 radical (unpaired) electrons. The topological polar surface area (TPSA) is 29.3 Å². The van der Waals surface area contributed by atoms with E-state index < -0.39 is 0 Å². The molecule has 0 aromatic heterocycles. The van der Waals surface area contributed by atoms with Crippen LogP contribution in [0.4, 0.5) is 5.69 Å². The Balaban J connectivity index is 2.13. The zero-order valence-corrected chi connectivity index (χ0v) is 12.9. The second kappa shape index (κ2) is 6.07. The van der Waals surface area contributed by atoms with Crippen molar-refractivity contribution >= 4 is 21.6 Å². The summed E-state index contributed by atoms with van der Waals surface area (Å²) in [7, 11) is 2.21. The van der Waals surface area contributed by atoms with E-state index in [0.717, 1.165) is 6.42 Å². The maximum Gasteiger partial charge on any atom is 0.0510 e. The van der Waals surface area contributed by atoms with Crippen LogP contribution in [-0.4, -0.2) is 19.1 Å². The van der Waals surface area contributed by atoms with Gasteiger partial charge in [-0.3, -0.25) is 0 Å². The molecule has 1 aliphatic carbocycles. The van der Waals surface area contributed by atoms with Crippen LogP contribution in [0.15, 0.2) is 22.7 Å². The van der Waals surface area contributed by atoms with E-state index in [-0.39, 0.29) is 6.04 Å². The Labute approximate surface area is 119 Å². The van der Waals surface area contributed by atoms with Crippen molar-refractivity contribution in [3.05, 3.63) is 28.2 Å². The monoisotopic (exact) mass is 310 g/mol. The summed E-state index contributed by atoms with van der Waals surface area (Å²) in [5.41, 5.74) is 8.45. The summed E-state index contributed by atoms with van der Waals surface area (Å²) >= 11 is 3.70. The van der Waals surface area contributed by atoms with Crippen LogP contribution in [0, 0.1) is 0 Å². The van der Waals surface area contributed by atoms with E-state index in [1.165, 1.54) is 41.4 Å². The van der Waals surface area contributed by atoms with Crippen LogP contribution in [0.1, 0.15) is 38.2 Å². The Kier molecular flexibility index (Phi) is 4.68. The number of nitrogens with zero attached hydrogens (tertiary/aromatic N) is 1. The third kappa shape index (κ3) is 3.27. The fourth-order valence-electron chi connectivity index (χ4n) is 2.82. The van der Waals surface area contributed by atoms with Gasteiger partial charge in [-0.15, -0.1) is 0 Å². The summed E-state index contributed by atoms with van der Waals surface area (Å²) in [6, 6.07) is 7.56. The summed E-state index contributed by atoms with van der Waals surface area (Å²) in [6.07, 6.45) is 6.33. The number of halogens is 1. The van der Waals surface area contributed by atoms with Crippen molar-refractivity contribution in [2.75, 3.05) is 11.9 Å². The maximum atomic E-state index is 5.85. The van der Waals surface area contributed by atoms with E-state index in [1.54, 1.807) is 0 Å². The van der Waals surface area contributed by atoms with Gasteiger partial charge in [-0.25, -0.2) is 0 Å². The first kappa shape index (κ1) is 13.9. The van der Waals surface area contributed by atoms with Gasteiger partial charge in [0.05, 0.1) is 5.69 Å². The Morgan fingerprint density at radius 2 is 2.06 bits per heavy atom. The van der Waals surface area contributed by atoms with E-state index in [0.29, 0.717) is 6.04 Å². The summed E-state index contributed by atoms with van der Waals surface area (Å²) < 4.78 is 1.19. The average molecular weight is 311 g/mol. The lowest BCUT2D eigenvalue weighted by atomic mass is 10.1. The molecule has 0 spiro atoms. The SMILES string of the molecule is CC(N)Cc1ccc(N(C)C2CCCC2)c(Br)c1. The van der Waals surface area contributed by atoms with Gasteiger partial charge in [0.1, 0.15) is 0 Å². The van der Waals surface area contributed by atoms with Crippen LogP contribution in [-0.2, 0) is 6.42 Å². The number of nitrogens with two attached hydrogens (primary N) is 1. The smallest absolute Gasteiger partial charge is 0.0510 e. The van der Waals surface area contributed by atoms with Crippen molar-refractivity contribution < 1.29 is 0 Å². The molecule has 2 nitrogen and oxygen atoms in total. The fourth-order valence-corrected chi connectivity index (χ4v) is 3.53. The Morgan fingerprint density at radius 1 is 1.39 bits per heavy atom. The predicted molar refractivity (Wildman–Crippen MR) is 82.2 cm³/mol. The molecule has 2 rings (SSSR count). The van der Waals surface area contributed by atoms with Crippen LogP contribution in [0.5, 0.6) is 0 Å². The second-order valence-corrected chi connectivity index (χ2v) is 6.37. The van der Waals surface area contributed by atoms with Gasteiger partial charge < -0.3 is 10.6 Å². The summed E-state index contributed by atoms with van der Waals surface area (Å²) in [6.45, 7) is 2.05. The zero-order chi connectivity index (χ0) is 13.1. The lowest BCUT2D eigenvalue weighted by Crippen LogP contribution is -2.29. The molecule has 0 aliphatic heterocycles. The number of hydrogen-bond donors (Lipinski definition) is 1. The van der Waals surface area contributed by atoms with E-state index in [2.05, 4.69) is 46.1 Å². The molecular weight excluding hydrogens is 288 g/mol. The molecule has 3 heteroatoms. The van der Waals surface area contributed by atoms with Gasteiger partial charge in [0, 0.05) is 23.6 Å². The first-order valence-electron chi connectivity index (χ1n) is 6.85. The average Bonchev–Trinajstić information content (AvgIpc) is 2.80. The highest BCUT2D eigenvalue weighted by atomic mass is 79.9. The lowest BCUT2D eigenvalue weighted by Gasteiger charge is -2.28. The first-order valence-corrected chi connectivity index (χ1v) is 7.64. The van der Waals surface area contributed by atoms with Gasteiger partial charge in [-0.2, -0.15) is 0 Å². The number of benzene rings is 1. The molecule has 1 aliphatic rings. The third-order valence-corrected chi connectivity index (χ3v) is 4.46. The normalized spacial score (nSPS) is 18.0. The number of hydrogen-bond acceptors (Lipinski definition) is 2. The maximum absolute atomic E-state index is 5.85. The molecular formula is C15H23BrN2. The van der Waals surface area contributed by atoms with Crippen LogP contribution in [0.2, 0.25) is 0 Å². The summed E-state index contributed by atoms with van der Waals surface area (Å²) in [5.74, 6) is 0. The molecule has 1 unspecified atom stereocenters. The van der Waals surface area contributed by atoms with Gasteiger partial charge >= 0.3 is 0 Å². The molecule has 1 aromatic carbocycles. The Hall–Kier alpha value is -0.540. The Bertz CT molecular complexity index is 397. The van der Waals surface area contributed by atoms with Crippen LogP contribution in [0.3, 0.4) is 0 Å². The molecule has 1 atom stereocenters. The molecule has 18 heavy (non-hydrogen) atoms. The molecule has 0 amide bonds. The van der Waals surface area contributed by atoms with Crippen molar-refractivity contribution in [1.82, 2.24) is 0 Å². The van der Waals surface area contributed by atoms with Crippen molar-refractivity contribution in [3.63, 3.8) is 0 Å². The molecule has 0 bridgehead atoms. The van der Waals surface area contributed by atoms with Crippen LogP contribution in [0.25, 0.3) is 0 Å². The largest absolute Gasteiger partial charge is 0.371 e. The first-order chi connectivity index (χ1) is 8.58. The van der Waals surface area contributed by atoms with Crippen molar-refractivity contribution in [3.8, 4) is 0 Å². The van der Waals surface area contributed by atoms with Crippen molar-refractivity contribution in [2.45, 2.75) is 51.1 Å². The second-order valence-electron chi connectivity index (χ2n) is 5.52. The van der Waals surface area contributed by atoms with E-state index in [4.69, 9.17) is 5.73 Å². The van der Waals surface area contributed by atoms with E-state index >= 15 is 0 Å². The highest BCUT2D eigenvalue weighted by Gasteiger charge is 2.21. The quantitative estimate of drug-likeness (QED) is 0.918. The minimum absolute atomic E-state index is 0.218. The van der Waals surface area contributed by atoms with E-state index in [1.807, 2.05) is 6.92 Å². The van der Waals surface area contributed by atoms with E-state index in [9.17, 15) is 0 Å². The Morgan fingerprint density at radius 3 is 2.61 bits per heavy atom. The summed E-state index contributed by atoms with van der Waals surface area (Å²) in [4.78, 5) is 2.42. The highest BCUT2D eigenvalue weighted by Crippen LogP contribution is 2.32. The molecule has 100 valence electrons. The molecule has 0 saturated heterocycles. The van der Waals surface area contributed by atoms with Gasteiger partial charge in [0.2, 0.25) is 0 Å². The number of anilines is 1. The fraction of sp³-hybridized carbons (Fsp3) is 0.600. The minimum atomic E-state index is 0.218. The zero-order valence-electron chi connectivity index (χ0n) is 11.3. The van der Waals surface area contributed by atoms with Crippen LogP contribution >= 0.6 is 15.9 Å². The third-order valence-electron chi connectivity index (χ3n) is 3.82. The molecule has 1 fully saturated rings. The van der Waals surface area contributed by atoms with Crippen molar-refractivity contribution in [2.24, 2.45) is 5.73 Å². The molecule has 1 aromatic rings. The molecule has 1 saturated carbocycles. The van der Waals surface area contributed by atoms with Gasteiger partial charge in [-0.05, 0) is 59.8 Å². The summed E-state index contributed by atoms with van der Waals surface area (Å²) in [5, 5.41) is 0. The van der Waals surface area contributed by atoms with Crippen molar-refractivity contribution in [1.29, 1.82) is 0 Å². The van der Waals surface area contributed by atoms with Gasteiger partial charge in [-0.1, -0.05) is 18.9 Å². The van der Waals surface area contributed by atoms with Gasteiger partial charge in [0.25, 0.3) is 0 Å². The minimum Gasteiger partial charge on any atom is -0.371 e. The molecule has 0 heterocycles. The lowest BCUT2D eigenvalue weighted by molar-refractivity contribution is 0.652. The van der Waals surface area contributed by atoms with Crippen LogP contribution < -0.4 is 10.6 Å². The highest BCUT2D eigenvalue weighted by molar-refractivity contribution is 9.10.